The van der Waals surface area contributed by atoms with E-state index in [0.29, 0.717) is 23.4 Å². The Morgan fingerprint density at radius 1 is 1.45 bits per heavy atom. The van der Waals surface area contributed by atoms with E-state index in [1.165, 1.54) is 4.88 Å². The van der Waals surface area contributed by atoms with Crippen molar-refractivity contribution < 1.29 is 10.2 Å². The molecule has 0 aliphatic carbocycles. The Balaban J connectivity index is 2.20. The molecule has 0 spiro atoms. The normalized spacial score (nSPS) is 13.1. The van der Waals surface area contributed by atoms with Crippen LogP contribution in [0.3, 0.4) is 0 Å². The third kappa shape index (κ3) is 3.71. The second-order valence-electron chi connectivity index (χ2n) is 5.28. The van der Waals surface area contributed by atoms with Crippen LogP contribution in [0.15, 0.2) is 28.7 Å². The first-order valence-electron chi connectivity index (χ1n) is 7.02. The molecule has 0 saturated heterocycles. The first kappa shape index (κ1) is 16.6. The van der Waals surface area contributed by atoms with Crippen molar-refractivity contribution in [2.75, 3.05) is 20.6 Å². The van der Waals surface area contributed by atoms with Gasteiger partial charge in [0.05, 0.1) is 24.9 Å². The average molecular weight is 319 g/mol. The number of thiophene rings is 1. The summed E-state index contributed by atoms with van der Waals surface area (Å²) in [4.78, 5) is 11.9. The summed E-state index contributed by atoms with van der Waals surface area (Å²) in [5.41, 5.74) is 1.64. The van der Waals surface area contributed by atoms with Gasteiger partial charge in [0.1, 0.15) is 5.75 Å². The van der Waals surface area contributed by atoms with Gasteiger partial charge >= 0.3 is 0 Å². The highest BCUT2D eigenvalue weighted by atomic mass is 32.1. The van der Waals surface area contributed by atoms with E-state index in [1.54, 1.807) is 30.7 Å². The zero-order valence-corrected chi connectivity index (χ0v) is 13.8. The molecule has 0 bridgehead atoms. The summed E-state index contributed by atoms with van der Waals surface area (Å²) < 4.78 is 0. The molecule has 6 heteroatoms. The fraction of sp³-hybridized carbons (Fsp3) is 0.375. The van der Waals surface area contributed by atoms with Gasteiger partial charge in [-0.15, -0.1) is 11.3 Å². The van der Waals surface area contributed by atoms with Gasteiger partial charge in [-0.05, 0) is 32.5 Å². The Hall–Kier alpha value is -1.76. The highest BCUT2D eigenvalue weighted by Gasteiger charge is 2.14. The van der Waals surface area contributed by atoms with Crippen LogP contribution in [0.4, 0.5) is 0 Å². The van der Waals surface area contributed by atoms with E-state index in [2.05, 4.69) is 26.3 Å². The molecule has 2 N–H and O–H groups in total. The van der Waals surface area contributed by atoms with E-state index in [1.807, 2.05) is 20.2 Å². The Labute approximate surface area is 134 Å². The minimum absolute atomic E-state index is 0.0767. The van der Waals surface area contributed by atoms with E-state index in [-0.39, 0.29) is 18.4 Å². The lowest BCUT2D eigenvalue weighted by atomic mass is 10.1. The zero-order valence-electron chi connectivity index (χ0n) is 13.0. The van der Waals surface area contributed by atoms with Gasteiger partial charge in [-0.1, -0.05) is 6.07 Å². The predicted molar refractivity (Wildman–Crippen MR) is 89.8 cm³/mol. The molecule has 22 heavy (non-hydrogen) atoms. The quantitative estimate of drug-likeness (QED) is 0.802. The zero-order chi connectivity index (χ0) is 16.1. The first-order chi connectivity index (χ1) is 10.5. The van der Waals surface area contributed by atoms with E-state index < -0.39 is 0 Å². The molecule has 0 unspecified atom stereocenters. The number of hydrogen-bond acceptors (Lipinski definition) is 6. The molecule has 118 valence electrons. The van der Waals surface area contributed by atoms with Crippen LogP contribution in [0, 0.1) is 6.92 Å². The second kappa shape index (κ2) is 7.49. The maximum absolute atomic E-state index is 10.1. The Morgan fingerprint density at radius 3 is 2.82 bits per heavy atom. The van der Waals surface area contributed by atoms with Crippen molar-refractivity contribution in [3.63, 3.8) is 0 Å². The SMILES string of the molecule is Cc1ncc(CO)c(C=NC[C@@H](c2cccs2)N(C)C)c1O. The minimum atomic E-state index is -0.176. The van der Waals surface area contributed by atoms with E-state index >= 15 is 0 Å². The summed E-state index contributed by atoms with van der Waals surface area (Å²) in [5.74, 6) is 0.0767. The van der Waals surface area contributed by atoms with Gasteiger partial charge in [0.25, 0.3) is 0 Å². The number of rotatable bonds is 6. The van der Waals surface area contributed by atoms with Crippen LogP contribution in [0.5, 0.6) is 5.75 Å². The number of hydrogen-bond donors (Lipinski definition) is 2. The third-order valence-corrected chi connectivity index (χ3v) is 4.50. The topological polar surface area (TPSA) is 69.0 Å². The van der Waals surface area contributed by atoms with Crippen molar-refractivity contribution >= 4 is 17.6 Å². The van der Waals surface area contributed by atoms with Gasteiger partial charge in [-0.3, -0.25) is 9.98 Å². The predicted octanol–water partition coefficient (Wildman–Crippen LogP) is 2.37. The number of pyridine rings is 1. The number of aromatic nitrogens is 1. The van der Waals surface area contributed by atoms with Crippen LogP contribution in [0.25, 0.3) is 0 Å². The monoisotopic (exact) mass is 319 g/mol. The van der Waals surface area contributed by atoms with Crippen LogP contribution < -0.4 is 0 Å². The molecule has 0 amide bonds. The lowest BCUT2D eigenvalue weighted by Gasteiger charge is -2.21. The lowest BCUT2D eigenvalue weighted by Crippen LogP contribution is -2.21. The molecule has 2 heterocycles. The van der Waals surface area contributed by atoms with Gasteiger partial charge in [0.2, 0.25) is 0 Å². The number of likely N-dealkylation sites (N-methyl/N-ethyl adjacent to an activating group) is 1. The van der Waals surface area contributed by atoms with Crippen molar-refractivity contribution in [2.24, 2.45) is 4.99 Å². The summed E-state index contributed by atoms with van der Waals surface area (Å²) in [6, 6.07) is 4.32. The number of aliphatic hydroxyl groups is 1. The summed E-state index contributed by atoms with van der Waals surface area (Å²) in [5, 5.41) is 21.5. The maximum Gasteiger partial charge on any atom is 0.145 e. The van der Waals surface area contributed by atoms with Crippen LogP contribution in [0.1, 0.15) is 27.7 Å². The molecule has 0 saturated carbocycles. The van der Waals surface area contributed by atoms with Gasteiger partial charge in [-0.25, -0.2) is 0 Å². The summed E-state index contributed by atoms with van der Waals surface area (Å²) >= 11 is 1.70. The molecule has 2 rings (SSSR count). The summed E-state index contributed by atoms with van der Waals surface area (Å²) in [6.07, 6.45) is 3.19. The van der Waals surface area contributed by atoms with E-state index in [9.17, 15) is 10.2 Å². The van der Waals surface area contributed by atoms with Crippen LogP contribution >= 0.6 is 11.3 Å². The molecule has 0 fully saturated rings. The molecular formula is C16H21N3O2S. The van der Waals surface area contributed by atoms with Crippen molar-refractivity contribution in [1.82, 2.24) is 9.88 Å². The summed E-state index contributed by atoms with van der Waals surface area (Å²) in [6.45, 7) is 2.13. The maximum atomic E-state index is 10.1. The van der Waals surface area contributed by atoms with Crippen molar-refractivity contribution in [3.05, 3.63) is 45.4 Å². The first-order valence-corrected chi connectivity index (χ1v) is 7.90. The van der Waals surface area contributed by atoms with Gasteiger partial charge in [0.15, 0.2) is 0 Å². The second-order valence-corrected chi connectivity index (χ2v) is 6.26. The number of aliphatic hydroxyl groups excluding tert-OH is 1. The van der Waals surface area contributed by atoms with Crippen molar-refractivity contribution in [1.29, 1.82) is 0 Å². The number of aryl methyl sites for hydroxylation is 1. The molecule has 2 aromatic heterocycles. The average Bonchev–Trinajstić information content (AvgIpc) is 3.01. The van der Waals surface area contributed by atoms with Crippen molar-refractivity contribution in [2.45, 2.75) is 19.6 Å². The molecule has 0 aromatic carbocycles. The van der Waals surface area contributed by atoms with Crippen LogP contribution in [-0.4, -0.2) is 47.0 Å². The van der Waals surface area contributed by atoms with Crippen LogP contribution in [0.2, 0.25) is 0 Å². The highest BCUT2D eigenvalue weighted by Crippen LogP contribution is 2.25. The molecule has 0 aliphatic heterocycles. The molecule has 0 radical (unpaired) electrons. The van der Waals surface area contributed by atoms with E-state index in [0.717, 1.165) is 0 Å². The fourth-order valence-electron chi connectivity index (χ4n) is 2.15. The fourth-order valence-corrected chi connectivity index (χ4v) is 3.07. The molecular weight excluding hydrogens is 298 g/mol. The van der Waals surface area contributed by atoms with Crippen molar-refractivity contribution in [3.8, 4) is 5.75 Å². The highest BCUT2D eigenvalue weighted by molar-refractivity contribution is 7.10. The largest absolute Gasteiger partial charge is 0.505 e. The Kier molecular flexibility index (Phi) is 5.65. The lowest BCUT2D eigenvalue weighted by molar-refractivity contribution is 0.280. The Bertz CT molecular complexity index is 639. The molecule has 2 aromatic rings. The molecule has 0 aliphatic rings. The third-order valence-electron chi connectivity index (χ3n) is 3.52. The summed E-state index contributed by atoms with van der Waals surface area (Å²) in [7, 11) is 4.04. The van der Waals surface area contributed by atoms with Crippen LogP contribution in [-0.2, 0) is 6.61 Å². The van der Waals surface area contributed by atoms with Gasteiger partial charge in [0, 0.05) is 28.4 Å². The molecule has 1 atom stereocenters. The standard InChI is InChI=1S/C16H21N3O2S/c1-11-16(21)13(12(10-20)7-18-11)8-17-9-14(19(2)3)15-5-4-6-22-15/h4-8,14,20-21H,9-10H2,1-3H3/t14-/m0/s1. The smallest absolute Gasteiger partial charge is 0.145 e. The van der Waals surface area contributed by atoms with E-state index in [4.69, 9.17) is 0 Å². The minimum Gasteiger partial charge on any atom is -0.505 e. The number of nitrogens with zero attached hydrogens (tertiary/aromatic N) is 3. The number of aromatic hydroxyl groups is 1. The Morgan fingerprint density at radius 2 is 2.23 bits per heavy atom. The number of aliphatic imine (C=N–C) groups is 1. The van der Waals surface area contributed by atoms with Gasteiger partial charge in [-0.2, -0.15) is 0 Å². The van der Waals surface area contributed by atoms with Gasteiger partial charge < -0.3 is 15.1 Å². The molecule has 5 nitrogen and oxygen atoms in total.